The number of fused-ring (bicyclic) bond motifs is 1. The second-order valence-electron chi connectivity index (χ2n) is 7.19. The number of carbonyl (C=O) groups is 1. The van der Waals surface area contributed by atoms with E-state index in [0.29, 0.717) is 11.5 Å². The van der Waals surface area contributed by atoms with Gasteiger partial charge in [0.05, 0.1) is 17.5 Å². The van der Waals surface area contributed by atoms with Gasteiger partial charge in [-0.1, -0.05) is 39.8 Å². The molecule has 23 heavy (non-hydrogen) atoms. The Morgan fingerprint density at radius 3 is 2.87 bits per heavy atom. The zero-order valence-electron chi connectivity index (χ0n) is 14.6. The highest BCUT2D eigenvalue weighted by atomic mass is 16.1. The maximum Gasteiger partial charge on any atom is 0.259 e. The Morgan fingerprint density at radius 1 is 1.43 bits per heavy atom. The molecule has 4 heteroatoms. The summed E-state index contributed by atoms with van der Waals surface area (Å²) in [7, 11) is 1.88. The molecule has 0 saturated heterocycles. The van der Waals surface area contributed by atoms with Gasteiger partial charge in [0.15, 0.2) is 0 Å². The van der Waals surface area contributed by atoms with Crippen molar-refractivity contribution in [1.29, 1.82) is 0 Å². The normalized spacial score (nSPS) is 18.7. The number of aromatic nitrogens is 2. The van der Waals surface area contributed by atoms with Crippen LogP contribution in [0.15, 0.2) is 24.4 Å². The average molecular weight is 311 g/mol. The van der Waals surface area contributed by atoms with E-state index in [1.165, 1.54) is 11.1 Å². The number of rotatable bonds is 3. The van der Waals surface area contributed by atoms with Crippen molar-refractivity contribution in [2.45, 2.75) is 51.9 Å². The molecule has 0 spiro atoms. The van der Waals surface area contributed by atoms with Gasteiger partial charge in [-0.25, -0.2) is 0 Å². The predicted octanol–water partition coefficient (Wildman–Crippen LogP) is 4.02. The molecule has 1 aliphatic carbocycles. The largest absolute Gasteiger partial charge is 0.322 e. The molecule has 1 unspecified atom stereocenters. The summed E-state index contributed by atoms with van der Waals surface area (Å²) < 4.78 is 1.77. The maximum atomic E-state index is 12.7. The van der Waals surface area contributed by atoms with Gasteiger partial charge < -0.3 is 5.32 Å². The first-order valence-electron chi connectivity index (χ1n) is 8.30. The van der Waals surface area contributed by atoms with E-state index in [1.807, 2.05) is 26.1 Å². The van der Waals surface area contributed by atoms with E-state index < -0.39 is 0 Å². The number of amides is 1. The van der Waals surface area contributed by atoms with E-state index >= 15 is 0 Å². The predicted molar refractivity (Wildman–Crippen MR) is 93.0 cm³/mol. The number of nitrogens with one attached hydrogen (secondary N) is 1. The maximum absolute atomic E-state index is 12.7. The quantitative estimate of drug-likeness (QED) is 0.930. The van der Waals surface area contributed by atoms with E-state index in [1.54, 1.807) is 10.9 Å². The van der Waals surface area contributed by atoms with Crippen LogP contribution in [-0.2, 0) is 18.9 Å². The molecular formula is C19H25N3O. The fraction of sp³-hybridized carbons (Fsp3) is 0.474. The number of aryl methyl sites for hydroxylation is 1. The van der Waals surface area contributed by atoms with Gasteiger partial charge in [-0.3, -0.25) is 9.48 Å². The Balaban J connectivity index is 1.96. The molecule has 1 amide bonds. The Bertz CT molecular complexity index is 758. The molecule has 1 aromatic carbocycles. The summed E-state index contributed by atoms with van der Waals surface area (Å²) in [5, 5.41) is 7.34. The van der Waals surface area contributed by atoms with Gasteiger partial charge in [-0.05, 0) is 41.4 Å². The summed E-state index contributed by atoms with van der Waals surface area (Å²) in [5.74, 6) is 0.385. The van der Waals surface area contributed by atoms with Gasteiger partial charge in [0.2, 0.25) is 0 Å². The van der Waals surface area contributed by atoms with Gasteiger partial charge in [0, 0.05) is 12.7 Å². The lowest BCUT2D eigenvalue weighted by molar-refractivity contribution is 0.102. The number of benzene rings is 1. The smallest absolute Gasteiger partial charge is 0.259 e. The summed E-state index contributed by atoms with van der Waals surface area (Å²) >= 11 is 0. The van der Waals surface area contributed by atoms with Crippen LogP contribution in [0.5, 0.6) is 0 Å². The lowest BCUT2D eigenvalue weighted by Crippen LogP contribution is -2.16. The Labute approximate surface area is 137 Å². The molecule has 1 aliphatic rings. The van der Waals surface area contributed by atoms with Crippen LogP contribution in [0.25, 0.3) is 0 Å². The molecule has 4 nitrogen and oxygen atoms in total. The van der Waals surface area contributed by atoms with Crippen molar-refractivity contribution in [3.05, 3.63) is 46.8 Å². The zero-order valence-corrected chi connectivity index (χ0v) is 14.6. The summed E-state index contributed by atoms with van der Waals surface area (Å²) in [6.07, 6.45) is 3.56. The fourth-order valence-electron chi connectivity index (χ4n) is 4.03. The molecule has 0 radical (unpaired) electrons. The lowest BCUT2D eigenvalue weighted by Gasteiger charge is -2.19. The van der Waals surface area contributed by atoms with Gasteiger partial charge in [-0.15, -0.1) is 0 Å². The van der Waals surface area contributed by atoms with Gasteiger partial charge >= 0.3 is 0 Å². The van der Waals surface area contributed by atoms with Crippen LogP contribution in [0.2, 0.25) is 0 Å². The third-order valence-corrected chi connectivity index (χ3v) is 5.03. The van der Waals surface area contributed by atoms with Crippen molar-refractivity contribution < 1.29 is 4.79 Å². The molecule has 0 aliphatic heterocycles. The molecular weight excluding hydrogens is 286 g/mol. The van der Waals surface area contributed by atoms with Crippen molar-refractivity contribution >= 4 is 11.6 Å². The van der Waals surface area contributed by atoms with Crippen LogP contribution >= 0.6 is 0 Å². The summed E-state index contributed by atoms with van der Waals surface area (Å²) in [6, 6.07) is 6.24. The minimum atomic E-state index is -0.0692. The number of carbonyl (C=O) groups excluding carboxylic acids is 1. The number of nitrogens with zero attached hydrogens (tertiary/aromatic N) is 2. The van der Waals surface area contributed by atoms with Crippen LogP contribution in [-0.4, -0.2) is 15.7 Å². The number of hydrogen-bond donors (Lipinski definition) is 1. The number of hydrogen-bond acceptors (Lipinski definition) is 2. The monoisotopic (exact) mass is 311 g/mol. The highest BCUT2D eigenvalue weighted by molar-refractivity contribution is 6.05. The van der Waals surface area contributed by atoms with Crippen LogP contribution in [0.3, 0.4) is 0 Å². The van der Waals surface area contributed by atoms with E-state index in [2.05, 4.69) is 37.3 Å². The Hall–Kier alpha value is -2.10. The van der Waals surface area contributed by atoms with Gasteiger partial charge in [0.1, 0.15) is 0 Å². The Kier molecular flexibility index (Phi) is 3.78. The molecule has 1 heterocycles. The highest BCUT2D eigenvalue weighted by Crippen LogP contribution is 2.48. The Morgan fingerprint density at radius 2 is 2.17 bits per heavy atom. The molecule has 122 valence electrons. The van der Waals surface area contributed by atoms with E-state index in [9.17, 15) is 4.79 Å². The molecule has 1 N–H and O–H groups in total. The summed E-state index contributed by atoms with van der Waals surface area (Å²) in [6.45, 7) is 8.83. The molecule has 1 atom stereocenters. The van der Waals surface area contributed by atoms with Crippen molar-refractivity contribution in [3.8, 4) is 0 Å². The van der Waals surface area contributed by atoms with E-state index in [4.69, 9.17) is 0 Å². The molecule has 2 aromatic rings. The van der Waals surface area contributed by atoms with Crippen LogP contribution in [0, 0.1) is 0 Å². The minimum Gasteiger partial charge on any atom is -0.322 e. The second kappa shape index (κ2) is 5.52. The van der Waals surface area contributed by atoms with Crippen LogP contribution < -0.4 is 5.32 Å². The van der Waals surface area contributed by atoms with E-state index in [-0.39, 0.29) is 11.3 Å². The summed E-state index contributed by atoms with van der Waals surface area (Å²) in [4.78, 5) is 12.7. The van der Waals surface area contributed by atoms with Crippen molar-refractivity contribution in [2.24, 2.45) is 7.05 Å². The molecule has 0 fully saturated rings. The SMILES string of the molecule is CCc1c(C(=O)Nc2cccc3c2C(C)CC3(C)C)cnn1C. The molecule has 0 bridgehead atoms. The van der Waals surface area contributed by atoms with Crippen LogP contribution in [0.1, 0.15) is 67.2 Å². The second-order valence-corrected chi connectivity index (χ2v) is 7.19. The topological polar surface area (TPSA) is 46.9 Å². The standard InChI is InChI=1S/C19H25N3O/c1-6-16-13(11-20-22(16)5)18(23)21-15-9-7-8-14-17(15)12(2)10-19(14,3)4/h7-9,11-12H,6,10H2,1-5H3,(H,21,23). The third-order valence-electron chi connectivity index (χ3n) is 5.03. The van der Waals surface area contributed by atoms with Gasteiger partial charge in [-0.2, -0.15) is 5.10 Å². The van der Waals surface area contributed by atoms with Crippen LogP contribution in [0.4, 0.5) is 5.69 Å². The first-order valence-corrected chi connectivity index (χ1v) is 8.30. The fourth-order valence-corrected chi connectivity index (χ4v) is 4.03. The molecule has 3 rings (SSSR count). The van der Waals surface area contributed by atoms with E-state index in [0.717, 1.165) is 24.2 Å². The van der Waals surface area contributed by atoms with Crippen molar-refractivity contribution in [3.63, 3.8) is 0 Å². The lowest BCUT2D eigenvalue weighted by atomic mass is 9.86. The zero-order chi connectivity index (χ0) is 16.8. The average Bonchev–Trinajstić information content (AvgIpc) is 2.97. The first-order chi connectivity index (χ1) is 10.8. The first kappa shape index (κ1) is 15.8. The molecule has 0 saturated carbocycles. The minimum absolute atomic E-state index is 0.0692. The van der Waals surface area contributed by atoms with Gasteiger partial charge in [0.25, 0.3) is 5.91 Å². The highest BCUT2D eigenvalue weighted by Gasteiger charge is 2.36. The number of anilines is 1. The summed E-state index contributed by atoms with van der Waals surface area (Å²) in [5.41, 5.74) is 5.37. The van der Waals surface area contributed by atoms with Crippen molar-refractivity contribution in [2.75, 3.05) is 5.32 Å². The molecule has 1 aromatic heterocycles. The third kappa shape index (κ3) is 2.56. The van der Waals surface area contributed by atoms with Crippen molar-refractivity contribution in [1.82, 2.24) is 9.78 Å².